The molecule has 1 aromatic heterocycles. The van der Waals surface area contributed by atoms with Crippen molar-refractivity contribution in [2.24, 2.45) is 0 Å². The molecule has 1 heterocycles. The molecule has 1 atom stereocenters. The Kier molecular flexibility index (Phi) is 8.61. The highest BCUT2D eigenvalue weighted by Gasteiger charge is 2.33. The van der Waals surface area contributed by atoms with E-state index in [1.165, 1.54) is 6.42 Å². The van der Waals surface area contributed by atoms with Crippen LogP contribution in [0.5, 0.6) is 5.75 Å². The highest BCUT2D eigenvalue weighted by Crippen LogP contribution is 2.28. The Labute approximate surface area is 230 Å². The number of nitrogens with one attached hydrogen (secondary N) is 2. The Hall–Kier alpha value is -4.06. The predicted molar refractivity (Wildman–Crippen MR) is 155 cm³/mol. The number of H-pyrrole nitrogens is 1. The van der Waals surface area contributed by atoms with E-state index in [1.54, 1.807) is 12.0 Å². The van der Waals surface area contributed by atoms with Gasteiger partial charge in [0.1, 0.15) is 11.8 Å². The summed E-state index contributed by atoms with van der Waals surface area (Å²) < 4.78 is 5.37. The molecule has 1 aliphatic rings. The summed E-state index contributed by atoms with van der Waals surface area (Å²) in [6, 6.07) is 25.0. The molecule has 6 nitrogen and oxygen atoms in total. The second-order valence-corrected chi connectivity index (χ2v) is 10.4. The van der Waals surface area contributed by atoms with Crippen molar-refractivity contribution in [2.45, 2.75) is 57.0 Å². The molecule has 3 aromatic carbocycles. The number of amides is 2. The summed E-state index contributed by atoms with van der Waals surface area (Å²) in [5.41, 5.74) is 3.84. The maximum atomic E-state index is 14.1. The van der Waals surface area contributed by atoms with Gasteiger partial charge in [-0.25, -0.2) is 0 Å². The Bertz CT molecular complexity index is 1370. The molecule has 0 aliphatic heterocycles. The second kappa shape index (κ2) is 12.7. The van der Waals surface area contributed by atoms with Crippen molar-refractivity contribution in [3.8, 4) is 5.75 Å². The molecule has 0 radical (unpaired) electrons. The smallest absolute Gasteiger partial charge is 0.247 e. The van der Waals surface area contributed by atoms with Gasteiger partial charge in [-0.05, 0) is 54.2 Å². The quantitative estimate of drug-likeness (QED) is 0.269. The van der Waals surface area contributed by atoms with Crippen LogP contribution in [0.15, 0.2) is 85.1 Å². The first kappa shape index (κ1) is 26.5. The number of hydrogen-bond acceptors (Lipinski definition) is 3. The van der Waals surface area contributed by atoms with Gasteiger partial charge in [-0.3, -0.25) is 9.59 Å². The number of aromatic nitrogens is 1. The molecule has 0 bridgehead atoms. The van der Waals surface area contributed by atoms with Crippen molar-refractivity contribution in [3.63, 3.8) is 0 Å². The number of benzene rings is 3. The average molecular weight is 524 g/mol. The van der Waals surface area contributed by atoms with Gasteiger partial charge < -0.3 is 19.9 Å². The van der Waals surface area contributed by atoms with E-state index in [1.807, 2.05) is 72.9 Å². The number of para-hydroxylation sites is 1. The number of carbonyl (C=O) groups excluding carboxylic acids is 2. The van der Waals surface area contributed by atoms with Crippen LogP contribution in [0, 0.1) is 0 Å². The molecule has 1 fully saturated rings. The van der Waals surface area contributed by atoms with Gasteiger partial charge in [0.05, 0.1) is 13.5 Å². The molecule has 2 amide bonds. The topological polar surface area (TPSA) is 74.4 Å². The maximum Gasteiger partial charge on any atom is 0.247 e. The van der Waals surface area contributed by atoms with Crippen LogP contribution in [0.25, 0.3) is 10.9 Å². The van der Waals surface area contributed by atoms with E-state index in [-0.39, 0.29) is 24.3 Å². The molecule has 2 N–H and O–H groups in total. The highest BCUT2D eigenvalue weighted by atomic mass is 16.5. The Morgan fingerprint density at radius 3 is 2.41 bits per heavy atom. The van der Waals surface area contributed by atoms with Gasteiger partial charge in [-0.15, -0.1) is 0 Å². The molecule has 1 aliphatic carbocycles. The van der Waals surface area contributed by atoms with Crippen molar-refractivity contribution < 1.29 is 14.3 Å². The summed E-state index contributed by atoms with van der Waals surface area (Å²) in [4.78, 5) is 33.2. The number of fused-ring (bicyclic) bond motifs is 1. The molecule has 1 saturated carbocycles. The lowest BCUT2D eigenvalue weighted by atomic mass is 9.94. The molecule has 0 spiro atoms. The summed E-state index contributed by atoms with van der Waals surface area (Å²) in [5, 5.41) is 4.33. The first-order chi connectivity index (χ1) is 19.1. The second-order valence-electron chi connectivity index (χ2n) is 10.4. The Balaban J connectivity index is 1.48. The minimum atomic E-state index is -0.737. The first-order valence-electron chi connectivity index (χ1n) is 13.9. The van der Waals surface area contributed by atoms with E-state index in [9.17, 15) is 9.59 Å². The zero-order valence-electron chi connectivity index (χ0n) is 22.6. The summed E-state index contributed by atoms with van der Waals surface area (Å²) >= 11 is 0. The monoisotopic (exact) mass is 523 g/mol. The normalized spacial score (nSPS) is 14.6. The average Bonchev–Trinajstić information content (AvgIpc) is 3.39. The van der Waals surface area contributed by atoms with Gasteiger partial charge in [0.25, 0.3) is 0 Å². The molecule has 202 valence electrons. The summed E-state index contributed by atoms with van der Waals surface area (Å²) in [5.74, 6) is 0.522. The standard InChI is InChI=1S/C33H37N3O3/c1-39-28-18-16-25(17-19-28)32(33(38)35-27-12-6-3-7-13-27)36(21-20-24-10-4-2-5-11-24)31(37)22-26-23-34-30-15-9-8-14-29(26)30/h2,4-5,8-11,14-19,23,27,32,34H,3,6-7,12-13,20-22H2,1H3,(H,35,38). The number of aromatic amines is 1. The number of ether oxygens (including phenoxy) is 1. The molecule has 4 aromatic rings. The summed E-state index contributed by atoms with van der Waals surface area (Å²) in [6.45, 7) is 0.431. The van der Waals surface area contributed by atoms with Crippen molar-refractivity contribution >= 4 is 22.7 Å². The van der Waals surface area contributed by atoms with E-state index < -0.39 is 6.04 Å². The number of carbonyl (C=O) groups is 2. The summed E-state index contributed by atoms with van der Waals surface area (Å²) in [7, 11) is 1.62. The van der Waals surface area contributed by atoms with Crippen molar-refractivity contribution in [2.75, 3.05) is 13.7 Å². The van der Waals surface area contributed by atoms with Crippen LogP contribution >= 0.6 is 0 Å². The molecule has 5 rings (SSSR count). The van der Waals surface area contributed by atoms with E-state index in [0.717, 1.165) is 53.3 Å². The zero-order chi connectivity index (χ0) is 27.0. The van der Waals surface area contributed by atoms with E-state index >= 15 is 0 Å². The fraction of sp³-hybridized carbons (Fsp3) is 0.333. The first-order valence-corrected chi connectivity index (χ1v) is 13.9. The lowest BCUT2D eigenvalue weighted by molar-refractivity contribution is -0.140. The molecule has 0 saturated heterocycles. The fourth-order valence-electron chi connectivity index (χ4n) is 5.62. The van der Waals surface area contributed by atoms with Crippen molar-refractivity contribution in [3.05, 3.63) is 102 Å². The van der Waals surface area contributed by atoms with Gasteiger partial charge in [0.15, 0.2) is 0 Å². The van der Waals surface area contributed by atoms with Crippen LogP contribution in [0.4, 0.5) is 0 Å². The third-order valence-corrected chi connectivity index (χ3v) is 7.76. The molecule has 6 heteroatoms. The van der Waals surface area contributed by atoms with Gasteiger partial charge in [-0.1, -0.05) is 79.9 Å². The van der Waals surface area contributed by atoms with Crippen LogP contribution in [0.1, 0.15) is 54.8 Å². The number of nitrogens with zero attached hydrogens (tertiary/aromatic N) is 1. The van der Waals surface area contributed by atoms with Gasteiger partial charge >= 0.3 is 0 Å². The fourth-order valence-corrected chi connectivity index (χ4v) is 5.62. The Morgan fingerprint density at radius 2 is 1.67 bits per heavy atom. The summed E-state index contributed by atoms with van der Waals surface area (Å²) in [6.07, 6.45) is 8.18. The lowest BCUT2D eigenvalue weighted by Crippen LogP contribution is -2.48. The van der Waals surface area contributed by atoms with Crippen LogP contribution in [-0.2, 0) is 22.4 Å². The molecule has 39 heavy (non-hydrogen) atoms. The predicted octanol–water partition coefficient (Wildman–Crippen LogP) is 5.98. The maximum absolute atomic E-state index is 14.1. The molecular weight excluding hydrogens is 486 g/mol. The zero-order valence-corrected chi connectivity index (χ0v) is 22.6. The third-order valence-electron chi connectivity index (χ3n) is 7.76. The van der Waals surface area contributed by atoms with Crippen LogP contribution < -0.4 is 10.1 Å². The van der Waals surface area contributed by atoms with Crippen LogP contribution in [0.3, 0.4) is 0 Å². The van der Waals surface area contributed by atoms with Crippen molar-refractivity contribution in [1.29, 1.82) is 0 Å². The van der Waals surface area contributed by atoms with Crippen molar-refractivity contribution in [1.82, 2.24) is 15.2 Å². The van der Waals surface area contributed by atoms with Gasteiger partial charge in [0, 0.05) is 29.7 Å². The number of methoxy groups -OCH3 is 1. The largest absolute Gasteiger partial charge is 0.497 e. The van der Waals surface area contributed by atoms with E-state index in [4.69, 9.17) is 4.74 Å². The Morgan fingerprint density at radius 1 is 0.949 bits per heavy atom. The van der Waals surface area contributed by atoms with E-state index in [2.05, 4.69) is 22.4 Å². The van der Waals surface area contributed by atoms with E-state index in [0.29, 0.717) is 18.7 Å². The lowest BCUT2D eigenvalue weighted by Gasteiger charge is -2.33. The van der Waals surface area contributed by atoms with Crippen LogP contribution in [-0.4, -0.2) is 41.4 Å². The highest BCUT2D eigenvalue weighted by molar-refractivity contribution is 5.92. The minimum absolute atomic E-state index is 0.0738. The van der Waals surface area contributed by atoms with Crippen LogP contribution in [0.2, 0.25) is 0 Å². The van der Waals surface area contributed by atoms with Gasteiger partial charge in [-0.2, -0.15) is 0 Å². The molecule has 1 unspecified atom stereocenters. The molecular formula is C33H37N3O3. The SMILES string of the molecule is COc1ccc(C(C(=O)NC2CCCCC2)N(CCc2ccccc2)C(=O)Cc2c[nH]c3ccccc23)cc1. The third kappa shape index (κ3) is 6.51. The minimum Gasteiger partial charge on any atom is -0.497 e. The van der Waals surface area contributed by atoms with Gasteiger partial charge in [0.2, 0.25) is 11.8 Å². The number of hydrogen-bond donors (Lipinski definition) is 2. The number of rotatable bonds is 10.